The van der Waals surface area contributed by atoms with Gasteiger partial charge in [0.15, 0.2) is 0 Å². The first-order chi connectivity index (χ1) is 13.7. The van der Waals surface area contributed by atoms with Gasteiger partial charge >= 0.3 is 0 Å². The lowest BCUT2D eigenvalue weighted by Crippen LogP contribution is -2.43. The van der Waals surface area contributed by atoms with Gasteiger partial charge in [0.1, 0.15) is 8.07 Å². The minimum absolute atomic E-state index is 0.675. The smallest absolute Gasteiger partial charge is 0.146 e. The second-order valence-corrected chi connectivity index (χ2v) is 15.4. The van der Waals surface area contributed by atoms with Crippen LogP contribution in [0.2, 0.25) is 16.6 Å². The highest BCUT2D eigenvalue weighted by Gasteiger charge is 2.41. The van der Waals surface area contributed by atoms with Crippen LogP contribution in [0, 0.1) is 17.4 Å². The van der Waals surface area contributed by atoms with Crippen molar-refractivity contribution in [3.05, 3.63) is 22.8 Å². The summed E-state index contributed by atoms with van der Waals surface area (Å²) in [6, 6.07) is 0. The molecule has 166 valence electrons. The maximum Gasteiger partial charge on any atom is 0.146 e. The minimum Gasteiger partial charge on any atom is -0.380 e. The Morgan fingerprint density at radius 1 is 0.931 bits per heavy atom. The van der Waals surface area contributed by atoms with Crippen molar-refractivity contribution in [2.75, 3.05) is 13.7 Å². The van der Waals surface area contributed by atoms with Crippen molar-refractivity contribution in [2.45, 2.75) is 117 Å². The largest absolute Gasteiger partial charge is 0.380 e. The molecule has 1 nitrogen and oxygen atoms in total. The molecule has 0 unspecified atom stereocenters. The molecule has 0 spiro atoms. The first kappa shape index (κ1) is 26.3. The van der Waals surface area contributed by atoms with E-state index in [9.17, 15) is 0 Å². The van der Waals surface area contributed by atoms with E-state index < -0.39 is 8.07 Å². The first-order valence-electron chi connectivity index (χ1n) is 12.2. The van der Waals surface area contributed by atoms with Crippen LogP contribution in [0.5, 0.6) is 0 Å². The highest BCUT2D eigenvalue weighted by Crippen LogP contribution is 2.41. The normalized spacial score (nSPS) is 17.6. The Morgan fingerprint density at radius 2 is 1.48 bits per heavy atom. The summed E-state index contributed by atoms with van der Waals surface area (Å²) in [4.78, 5) is 0. The molecule has 0 aromatic carbocycles. The van der Waals surface area contributed by atoms with Gasteiger partial charge in [-0.05, 0) is 59.4 Å². The van der Waals surface area contributed by atoms with Crippen molar-refractivity contribution in [1.82, 2.24) is 0 Å². The molecule has 0 aromatic heterocycles. The molecule has 0 radical (unpaired) electrons. The highest BCUT2D eigenvalue weighted by atomic mass is 28.3. The number of hydrogen-bond acceptors (Lipinski definition) is 1. The van der Waals surface area contributed by atoms with Gasteiger partial charge in [0.25, 0.3) is 0 Å². The van der Waals surface area contributed by atoms with Crippen LogP contribution in [0.1, 0.15) is 100 Å². The van der Waals surface area contributed by atoms with Crippen LogP contribution in [0.25, 0.3) is 0 Å². The van der Waals surface area contributed by atoms with Crippen molar-refractivity contribution in [3.63, 3.8) is 0 Å². The van der Waals surface area contributed by atoms with Crippen molar-refractivity contribution in [1.29, 1.82) is 0 Å². The number of ether oxygens (including phenoxy) is 1. The van der Waals surface area contributed by atoms with Gasteiger partial charge in [-0.1, -0.05) is 86.6 Å². The molecule has 0 aliphatic heterocycles. The summed E-state index contributed by atoms with van der Waals surface area (Å²) in [6.45, 7) is 19.7. The van der Waals surface area contributed by atoms with Crippen LogP contribution < -0.4 is 0 Å². The van der Waals surface area contributed by atoms with E-state index in [1.165, 1.54) is 48.8 Å². The lowest BCUT2D eigenvalue weighted by molar-refractivity contribution is 0.225. The predicted molar refractivity (Wildman–Crippen MR) is 133 cm³/mol. The third-order valence-electron chi connectivity index (χ3n) is 7.14. The monoisotopic (exact) mass is 416 g/mol. The number of hydrogen-bond donors (Lipinski definition) is 0. The van der Waals surface area contributed by atoms with Crippen molar-refractivity contribution in [2.24, 2.45) is 5.92 Å². The Hall–Kier alpha value is -0.783. The molecule has 2 heteroatoms. The number of methoxy groups -OCH3 is 1. The fraction of sp³-hybridized carbons (Fsp3) is 0.778. The van der Waals surface area contributed by atoms with Crippen molar-refractivity contribution in [3.8, 4) is 11.5 Å². The summed E-state index contributed by atoms with van der Waals surface area (Å²) in [5.41, 5.74) is 10.2. The van der Waals surface area contributed by atoms with Gasteiger partial charge in [0.2, 0.25) is 0 Å². The molecule has 0 aromatic rings. The summed E-state index contributed by atoms with van der Waals surface area (Å²) < 4.78 is 5.64. The Labute approximate surface area is 183 Å². The van der Waals surface area contributed by atoms with E-state index >= 15 is 0 Å². The molecule has 0 bridgehead atoms. The van der Waals surface area contributed by atoms with Gasteiger partial charge in [-0.3, -0.25) is 0 Å². The van der Waals surface area contributed by atoms with Gasteiger partial charge in [-0.2, -0.15) is 0 Å². The second-order valence-electron chi connectivity index (χ2n) is 9.83. The average molecular weight is 417 g/mol. The molecule has 1 aliphatic carbocycles. The van der Waals surface area contributed by atoms with Crippen LogP contribution in [-0.2, 0) is 4.74 Å². The molecule has 1 aliphatic rings. The molecule has 1 fully saturated rings. The summed E-state index contributed by atoms with van der Waals surface area (Å²) >= 11 is 0. The lowest BCUT2D eigenvalue weighted by atomic mass is 9.85. The van der Waals surface area contributed by atoms with E-state index in [0.29, 0.717) is 23.2 Å². The number of rotatable bonds is 9. The molecule has 29 heavy (non-hydrogen) atoms. The van der Waals surface area contributed by atoms with Gasteiger partial charge in [-0.15, -0.1) is 5.54 Å². The molecule has 0 atom stereocenters. The fourth-order valence-corrected chi connectivity index (χ4v) is 10.8. The van der Waals surface area contributed by atoms with E-state index in [1.54, 1.807) is 0 Å². The molecular formula is C27H48OSi. The van der Waals surface area contributed by atoms with Crippen molar-refractivity contribution >= 4 is 8.07 Å². The quantitative estimate of drug-likeness (QED) is 0.208. The van der Waals surface area contributed by atoms with Crippen LogP contribution in [0.4, 0.5) is 0 Å². The second kappa shape index (κ2) is 12.8. The molecule has 1 saturated carbocycles. The highest BCUT2D eigenvalue weighted by molar-refractivity contribution is 6.90. The minimum atomic E-state index is -1.71. The van der Waals surface area contributed by atoms with Gasteiger partial charge in [0.05, 0.1) is 6.61 Å². The zero-order chi connectivity index (χ0) is 22.0. The van der Waals surface area contributed by atoms with E-state index in [-0.39, 0.29) is 0 Å². The summed E-state index contributed by atoms with van der Waals surface area (Å²) in [7, 11) is 0.120. The molecule has 1 rings (SSSR count). The van der Waals surface area contributed by atoms with E-state index in [2.05, 4.69) is 72.9 Å². The maximum atomic E-state index is 5.64. The number of allylic oxidation sites excluding steroid dienone is 2. The summed E-state index contributed by atoms with van der Waals surface area (Å²) in [5.74, 6) is 4.50. The first-order valence-corrected chi connectivity index (χ1v) is 14.4. The third kappa shape index (κ3) is 6.86. The van der Waals surface area contributed by atoms with E-state index in [1.807, 2.05) is 7.11 Å². The van der Waals surface area contributed by atoms with Crippen molar-refractivity contribution < 1.29 is 4.74 Å². The predicted octanol–water partition coefficient (Wildman–Crippen LogP) is 8.48. The van der Waals surface area contributed by atoms with Crippen LogP contribution in [0.3, 0.4) is 0 Å². The van der Waals surface area contributed by atoms with E-state index in [4.69, 9.17) is 4.74 Å². The molecule has 0 amide bonds. The molecule has 0 heterocycles. The summed E-state index contributed by atoms with van der Waals surface area (Å²) in [5, 5.41) is 0. The van der Waals surface area contributed by atoms with Gasteiger partial charge < -0.3 is 4.74 Å². The third-order valence-corrected chi connectivity index (χ3v) is 13.4. The lowest BCUT2D eigenvalue weighted by Gasteiger charge is -2.38. The maximum absolute atomic E-state index is 5.64. The van der Waals surface area contributed by atoms with Crippen LogP contribution >= 0.6 is 0 Å². The molecule has 0 saturated heterocycles. The zero-order valence-corrected chi connectivity index (χ0v) is 22.0. The Morgan fingerprint density at radius 3 is 1.90 bits per heavy atom. The summed E-state index contributed by atoms with van der Waals surface area (Å²) in [6.07, 6.45) is 11.4. The standard InChI is InChI=1S/C27H48OSi/c1-10-25(17-18-29(21(3)4,22(5)6)23(7)8)27(11-2)26(20-28-9)19-24-15-13-12-14-16-24/h19,21-24H,10-16,20H2,1-9H3/b26-19+,27-25-. The fourth-order valence-electron chi connectivity index (χ4n) is 5.60. The van der Waals surface area contributed by atoms with Gasteiger partial charge in [-0.25, -0.2) is 0 Å². The topological polar surface area (TPSA) is 9.23 Å². The Bertz CT molecular complexity index is 584. The molecule has 0 N–H and O–H groups in total. The Balaban J connectivity index is 3.46. The van der Waals surface area contributed by atoms with Crippen LogP contribution in [0.15, 0.2) is 22.8 Å². The average Bonchev–Trinajstić information content (AvgIpc) is 2.67. The van der Waals surface area contributed by atoms with Crippen LogP contribution in [-0.4, -0.2) is 21.8 Å². The zero-order valence-electron chi connectivity index (χ0n) is 21.0. The van der Waals surface area contributed by atoms with Gasteiger partial charge in [0, 0.05) is 12.7 Å². The molecular weight excluding hydrogens is 368 g/mol. The Kier molecular flexibility index (Phi) is 11.6. The van der Waals surface area contributed by atoms with E-state index in [0.717, 1.165) is 18.8 Å². The SMILES string of the molecule is CC/C(C#C[Si](C(C)C)(C(C)C)C(C)C)=C(CC)/C(=C/C1CCCCC1)COC.